The highest BCUT2D eigenvalue weighted by Gasteiger charge is 2.15. The highest BCUT2D eigenvalue weighted by Crippen LogP contribution is 2.29. The predicted octanol–water partition coefficient (Wildman–Crippen LogP) is 2.80. The van der Waals surface area contributed by atoms with E-state index in [4.69, 9.17) is 18.9 Å². The maximum Gasteiger partial charge on any atom is 0.338 e. The maximum atomic E-state index is 11.9. The summed E-state index contributed by atoms with van der Waals surface area (Å²) >= 11 is 0. The molecule has 0 radical (unpaired) electrons. The van der Waals surface area contributed by atoms with Crippen molar-refractivity contribution in [1.82, 2.24) is 5.32 Å². The molecule has 1 fully saturated rings. The van der Waals surface area contributed by atoms with E-state index in [1.165, 1.54) is 19.3 Å². The van der Waals surface area contributed by atoms with Crippen molar-refractivity contribution in [1.29, 1.82) is 0 Å². The summed E-state index contributed by atoms with van der Waals surface area (Å²) in [4.78, 5) is 11.9. The normalized spacial score (nSPS) is 17.1. The Hall–Kier alpha value is -1.79. The summed E-state index contributed by atoms with van der Waals surface area (Å²) < 4.78 is 21.7. The molecule has 0 amide bonds. The molecule has 0 aromatic heterocycles. The first-order chi connectivity index (χ1) is 12.2. The van der Waals surface area contributed by atoms with Crippen molar-refractivity contribution >= 4 is 5.97 Å². The smallest absolute Gasteiger partial charge is 0.338 e. The van der Waals surface area contributed by atoms with E-state index < -0.39 is 0 Å². The molecule has 1 saturated heterocycles. The SMILES string of the molecule is CCOC(=O)c1ccc(OCCC2CCCCN2)c(OCCOC)c1. The average molecular weight is 351 g/mol. The Kier molecular flexibility index (Phi) is 8.55. The Bertz CT molecular complexity index is 529. The third kappa shape index (κ3) is 6.55. The molecule has 1 aromatic carbocycles. The molecular formula is C19H29NO5. The second-order valence-corrected chi connectivity index (χ2v) is 6.01. The summed E-state index contributed by atoms with van der Waals surface area (Å²) in [6.07, 6.45) is 4.68. The van der Waals surface area contributed by atoms with Crippen LogP contribution in [0, 0.1) is 0 Å². The monoisotopic (exact) mass is 351 g/mol. The fraction of sp³-hybridized carbons (Fsp3) is 0.632. The largest absolute Gasteiger partial charge is 0.490 e. The second kappa shape index (κ2) is 10.9. The van der Waals surface area contributed by atoms with Gasteiger partial charge >= 0.3 is 5.97 Å². The third-order valence-electron chi connectivity index (χ3n) is 4.14. The first-order valence-electron chi connectivity index (χ1n) is 9.03. The van der Waals surface area contributed by atoms with Gasteiger partial charge in [-0.2, -0.15) is 0 Å². The van der Waals surface area contributed by atoms with Crippen LogP contribution in [0.15, 0.2) is 18.2 Å². The summed E-state index contributed by atoms with van der Waals surface area (Å²) in [7, 11) is 1.62. The van der Waals surface area contributed by atoms with Crippen molar-refractivity contribution in [2.24, 2.45) is 0 Å². The number of hydrogen-bond acceptors (Lipinski definition) is 6. The fourth-order valence-electron chi connectivity index (χ4n) is 2.80. The molecule has 6 heteroatoms. The van der Waals surface area contributed by atoms with E-state index in [1.54, 1.807) is 32.2 Å². The zero-order valence-corrected chi connectivity index (χ0v) is 15.2. The summed E-state index contributed by atoms with van der Waals surface area (Å²) in [6, 6.07) is 5.66. The Morgan fingerprint density at radius 1 is 1.16 bits per heavy atom. The van der Waals surface area contributed by atoms with Crippen molar-refractivity contribution in [3.05, 3.63) is 23.8 Å². The lowest BCUT2D eigenvalue weighted by Crippen LogP contribution is -2.35. The first-order valence-corrected chi connectivity index (χ1v) is 9.03. The highest BCUT2D eigenvalue weighted by atomic mass is 16.5. The first kappa shape index (κ1) is 19.5. The second-order valence-electron chi connectivity index (χ2n) is 6.01. The van der Waals surface area contributed by atoms with E-state index in [2.05, 4.69) is 5.32 Å². The van der Waals surface area contributed by atoms with Crippen LogP contribution in [0.3, 0.4) is 0 Å². The zero-order valence-electron chi connectivity index (χ0n) is 15.2. The van der Waals surface area contributed by atoms with E-state index >= 15 is 0 Å². The van der Waals surface area contributed by atoms with Crippen molar-refractivity contribution in [2.75, 3.05) is 40.1 Å². The van der Waals surface area contributed by atoms with Crippen LogP contribution in [-0.4, -0.2) is 52.1 Å². The van der Waals surface area contributed by atoms with Gasteiger partial charge in [0.05, 0.1) is 25.4 Å². The van der Waals surface area contributed by atoms with E-state index in [0.29, 0.717) is 49.5 Å². The van der Waals surface area contributed by atoms with Crippen molar-refractivity contribution < 1.29 is 23.7 Å². The number of benzene rings is 1. The maximum absolute atomic E-state index is 11.9. The number of rotatable bonds is 10. The predicted molar refractivity (Wildman–Crippen MR) is 95.5 cm³/mol. The van der Waals surface area contributed by atoms with Gasteiger partial charge in [0, 0.05) is 13.2 Å². The van der Waals surface area contributed by atoms with Crippen LogP contribution in [0.4, 0.5) is 0 Å². The van der Waals surface area contributed by atoms with Gasteiger partial charge in [0.2, 0.25) is 0 Å². The Morgan fingerprint density at radius 2 is 2.00 bits per heavy atom. The van der Waals surface area contributed by atoms with Crippen LogP contribution in [0.5, 0.6) is 11.5 Å². The minimum atomic E-state index is -0.364. The van der Waals surface area contributed by atoms with E-state index in [-0.39, 0.29) is 5.97 Å². The summed E-state index contributed by atoms with van der Waals surface area (Å²) in [6.45, 7) is 4.68. The molecule has 1 N–H and O–H groups in total. The molecule has 1 aliphatic heterocycles. The minimum absolute atomic E-state index is 0.339. The van der Waals surface area contributed by atoms with Crippen LogP contribution in [0.2, 0.25) is 0 Å². The molecule has 140 valence electrons. The van der Waals surface area contributed by atoms with E-state index in [1.807, 2.05) is 0 Å². The molecule has 25 heavy (non-hydrogen) atoms. The summed E-state index contributed by atoms with van der Waals surface area (Å²) in [5.41, 5.74) is 0.454. The quantitative estimate of drug-likeness (QED) is 0.516. The van der Waals surface area contributed by atoms with Crippen molar-refractivity contribution in [2.45, 2.75) is 38.6 Å². The molecule has 0 aliphatic carbocycles. The topological polar surface area (TPSA) is 66.0 Å². The van der Waals surface area contributed by atoms with Gasteiger partial charge in [-0.1, -0.05) is 6.42 Å². The molecule has 6 nitrogen and oxygen atoms in total. The lowest BCUT2D eigenvalue weighted by atomic mass is 10.0. The third-order valence-corrected chi connectivity index (χ3v) is 4.14. The van der Waals surface area contributed by atoms with Gasteiger partial charge in [0.15, 0.2) is 11.5 Å². The minimum Gasteiger partial charge on any atom is -0.490 e. The van der Waals surface area contributed by atoms with Crippen LogP contribution in [0.25, 0.3) is 0 Å². The van der Waals surface area contributed by atoms with E-state index in [9.17, 15) is 4.79 Å². The molecule has 1 aliphatic rings. The number of carbonyl (C=O) groups is 1. The molecule has 0 bridgehead atoms. The van der Waals surface area contributed by atoms with Crippen LogP contribution in [0.1, 0.15) is 43.0 Å². The van der Waals surface area contributed by atoms with Crippen LogP contribution >= 0.6 is 0 Å². The lowest BCUT2D eigenvalue weighted by Gasteiger charge is -2.23. The molecule has 1 atom stereocenters. The molecule has 1 aromatic rings. The van der Waals surface area contributed by atoms with Gasteiger partial charge in [0.25, 0.3) is 0 Å². The van der Waals surface area contributed by atoms with Gasteiger partial charge < -0.3 is 24.3 Å². The number of piperidine rings is 1. The molecule has 0 saturated carbocycles. The molecular weight excluding hydrogens is 322 g/mol. The Labute approximate surface area is 149 Å². The Balaban J connectivity index is 1.96. The van der Waals surface area contributed by atoms with Crippen molar-refractivity contribution in [3.63, 3.8) is 0 Å². The van der Waals surface area contributed by atoms with Gasteiger partial charge in [-0.15, -0.1) is 0 Å². The number of nitrogens with one attached hydrogen (secondary N) is 1. The van der Waals surface area contributed by atoms with Crippen LogP contribution in [-0.2, 0) is 9.47 Å². The highest BCUT2D eigenvalue weighted by molar-refractivity contribution is 5.90. The van der Waals surface area contributed by atoms with Crippen LogP contribution < -0.4 is 14.8 Å². The van der Waals surface area contributed by atoms with E-state index in [0.717, 1.165) is 13.0 Å². The zero-order chi connectivity index (χ0) is 17.9. The number of esters is 1. The molecule has 1 unspecified atom stereocenters. The fourth-order valence-corrected chi connectivity index (χ4v) is 2.80. The number of carbonyl (C=O) groups excluding carboxylic acids is 1. The lowest BCUT2D eigenvalue weighted by molar-refractivity contribution is 0.0525. The van der Waals surface area contributed by atoms with Gasteiger partial charge in [-0.3, -0.25) is 0 Å². The molecule has 2 rings (SSSR count). The van der Waals surface area contributed by atoms with Gasteiger partial charge in [0.1, 0.15) is 6.61 Å². The number of ether oxygens (including phenoxy) is 4. The Morgan fingerprint density at radius 3 is 2.72 bits per heavy atom. The standard InChI is InChI=1S/C19H29NO5/c1-3-23-19(21)15-7-8-17(18(14-15)25-13-12-22-2)24-11-9-16-6-4-5-10-20-16/h7-8,14,16,20H,3-6,9-13H2,1-2H3. The summed E-state index contributed by atoms with van der Waals surface area (Å²) in [5, 5.41) is 3.51. The van der Waals surface area contributed by atoms with Gasteiger partial charge in [-0.05, 0) is 50.9 Å². The number of hydrogen-bond donors (Lipinski definition) is 1. The summed E-state index contributed by atoms with van der Waals surface area (Å²) in [5.74, 6) is 0.816. The average Bonchev–Trinajstić information content (AvgIpc) is 2.64. The van der Waals surface area contributed by atoms with Crippen molar-refractivity contribution in [3.8, 4) is 11.5 Å². The molecule has 1 heterocycles. The molecule has 0 spiro atoms. The number of methoxy groups -OCH3 is 1. The van der Waals surface area contributed by atoms with Gasteiger partial charge in [-0.25, -0.2) is 4.79 Å².